The van der Waals surface area contributed by atoms with Crippen LogP contribution in [0, 0.1) is 5.92 Å². The van der Waals surface area contributed by atoms with Crippen molar-refractivity contribution in [1.29, 1.82) is 0 Å². The number of amides is 2. The second-order valence-corrected chi connectivity index (χ2v) is 6.47. The third-order valence-corrected chi connectivity index (χ3v) is 4.22. The molecule has 1 aliphatic rings. The maximum absolute atomic E-state index is 12.3. The minimum Gasteiger partial charge on any atom is -0.328 e. The molecule has 1 aromatic rings. The van der Waals surface area contributed by atoms with Crippen molar-refractivity contribution in [3.8, 4) is 0 Å². The highest BCUT2D eigenvalue weighted by atomic mass is 16.2. The summed E-state index contributed by atoms with van der Waals surface area (Å²) in [6, 6.07) is 7.31. The molecule has 0 saturated heterocycles. The Hall–Kier alpha value is -1.88. The van der Waals surface area contributed by atoms with Crippen LogP contribution in [-0.4, -0.2) is 17.9 Å². The lowest BCUT2D eigenvalue weighted by Crippen LogP contribution is -2.24. The maximum atomic E-state index is 12.3. The van der Waals surface area contributed by atoms with Crippen LogP contribution in [0.3, 0.4) is 0 Å². The molecule has 23 heavy (non-hydrogen) atoms. The van der Waals surface area contributed by atoms with Gasteiger partial charge in [-0.15, -0.1) is 0 Å². The topological polar surface area (TPSA) is 84.2 Å². The molecule has 5 nitrogen and oxygen atoms in total. The van der Waals surface area contributed by atoms with E-state index in [9.17, 15) is 9.59 Å². The predicted molar refractivity (Wildman–Crippen MR) is 93.2 cm³/mol. The Labute approximate surface area is 138 Å². The first-order chi connectivity index (χ1) is 11.0. The van der Waals surface area contributed by atoms with E-state index < -0.39 is 0 Å². The molecule has 1 aliphatic carbocycles. The van der Waals surface area contributed by atoms with Crippen LogP contribution < -0.4 is 16.4 Å². The zero-order valence-electron chi connectivity index (χ0n) is 13.8. The van der Waals surface area contributed by atoms with Gasteiger partial charge in [-0.25, -0.2) is 0 Å². The number of nitrogens with one attached hydrogen (secondary N) is 2. The number of benzene rings is 1. The zero-order valence-corrected chi connectivity index (χ0v) is 13.8. The van der Waals surface area contributed by atoms with E-state index >= 15 is 0 Å². The van der Waals surface area contributed by atoms with E-state index in [1.807, 2.05) is 25.1 Å². The molecule has 126 valence electrons. The Morgan fingerprint density at radius 1 is 1.17 bits per heavy atom. The van der Waals surface area contributed by atoms with Crippen LogP contribution >= 0.6 is 0 Å². The minimum atomic E-state index is -0.0574. The van der Waals surface area contributed by atoms with Gasteiger partial charge in [-0.2, -0.15) is 0 Å². The first-order valence-corrected chi connectivity index (χ1v) is 8.51. The molecule has 0 heterocycles. The van der Waals surface area contributed by atoms with E-state index in [2.05, 4.69) is 10.6 Å². The summed E-state index contributed by atoms with van der Waals surface area (Å²) in [5.74, 6) is 0.149. The first kappa shape index (κ1) is 17.5. The van der Waals surface area contributed by atoms with Crippen LogP contribution in [0.15, 0.2) is 24.3 Å². The standard InChI is InChI=1S/C18H27N3O2/c1-13(19)10-11-17(22)20-15-8-5-9-16(12-15)21-18(23)14-6-3-2-4-7-14/h5,8-9,12-14H,2-4,6-7,10-11,19H2,1H3,(H,20,22)(H,21,23). The van der Waals surface area contributed by atoms with Gasteiger partial charge in [0.1, 0.15) is 0 Å². The predicted octanol–water partition coefficient (Wildman–Crippen LogP) is 3.27. The van der Waals surface area contributed by atoms with Gasteiger partial charge in [0, 0.05) is 29.8 Å². The number of carbonyl (C=O) groups excluding carboxylic acids is 2. The van der Waals surface area contributed by atoms with Gasteiger partial charge in [-0.1, -0.05) is 25.3 Å². The van der Waals surface area contributed by atoms with E-state index in [-0.39, 0.29) is 23.8 Å². The molecule has 2 amide bonds. The van der Waals surface area contributed by atoms with E-state index in [0.29, 0.717) is 18.5 Å². The number of nitrogens with two attached hydrogens (primary N) is 1. The van der Waals surface area contributed by atoms with Gasteiger partial charge in [0.25, 0.3) is 0 Å². The van der Waals surface area contributed by atoms with Crippen molar-refractivity contribution in [2.24, 2.45) is 11.7 Å². The Balaban J connectivity index is 1.88. The molecule has 1 saturated carbocycles. The molecule has 4 N–H and O–H groups in total. The summed E-state index contributed by atoms with van der Waals surface area (Å²) in [5, 5.41) is 5.81. The molecule has 1 fully saturated rings. The fourth-order valence-corrected chi connectivity index (χ4v) is 2.87. The third-order valence-electron chi connectivity index (χ3n) is 4.22. The lowest BCUT2D eigenvalue weighted by Gasteiger charge is -2.20. The molecule has 0 radical (unpaired) electrons. The summed E-state index contributed by atoms with van der Waals surface area (Å²) in [6.45, 7) is 1.88. The van der Waals surface area contributed by atoms with E-state index in [1.165, 1.54) is 6.42 Å². The lowest BCUT2D eigenvalue weighted by molar-refractivity contribution is -0.120. The normalized spacial score (nSPS) is 16.6. The Morgan fingerprint density at radius 2 is 1.83 bits per heavy atom. The van der Waals surface area contributed by atoms with Crippen molar-refractivity contribution in [2.75, 3.05) is 10.6 Å². The largest absolute Gasteiger partial charge is 0.328 e. The molecule has 0 spiro atoms. The molecule has 5 heteroatoms. The fourth-order valence-electron chi connectivity index (χ4n) is 2.87. The molecular weight excluding hydrogens is 290 g/mol. The summed E-state index contributed by atoms with van der Waals surface area (Å²) >= 11 is 0. The molecule has 0 aromatic heterocycles. The molecule has 0 bridgehead atoms. The second-order valence-electron chi connectivity index (χ2n) is 6.47. The summed E-state index contributed by atoms with van der Waals surface area (Å²) in [6.07, 6.45) is 6.49. The summed E-state index contributed by atoms with van der Waals surface area (Å²) in [7, 11) is 0. The van der Waals surface area contributed by atoms with Crippen LogP contribution in [0.25, 0.3) is 0 Å². The lowest BCUT2D eigenvalue weighted by atomic mass is 9.88. The highest BCUT2D eigenvalue weighted by Gasteiger charge is 2.21. The van der Waals surface area contributed by atoms with Gasteiger partial charge in [0.15, 0.2) is 0 Å². The van der Waals surface area contributed by atoms with Crippen molar-refractivity contribution in [2.45, 2.75) is 57.9 Å². The van der Waals surface area contributed by atoms with E-state index in [4.69, 9.17) is 5.73 Å². The number of rotatable bonds is 6. The zero-order chi connectivity index (χ0) is 16.7. The molecule has 1 atom stereocenters. The van der Waals surface area contributed by atoms with Gasteiger partial charge in [0.05, 0.1) is 0 Å². The second kappa shape index (κ2) is 8.67. The summed E-state index contributed by atoms with van der Waals surface area (Å²) in [5.41, 5.74) is 7.08. The molecule has 2 rings (SSSR count). The van der Waals surface area contributed by atoms with Gasteiger partial charge in [0.2, 0.25) is 11.8 Å². The first-order valence-electron chi connectivity index (χ1n) is 8.51. The number of carbonyl (C=O) groups is 2. The highest BCUT2D eigenvalue weighted by molar-refractivity contribution is 5.95. The van der Waals surface area contributed by atoms with Gasteiger partial charge >= 0.3 is 0 Å². The van der Waals surface area contributed by atoms with Crippen LogP contribution in [-0.2, 0) is 9.59 Å². The average Bonchev–Trinajstić information content (AvgIpc) is 2.54. The number of hydrogen-bond donors (Lipinski definition) is 3. The summed E-state index contributed by atoms with van der Waals surface area (Å²) in [4.78, 5) is 24.1. The number of anilines is 2. The minimum absolute atomic E-state index is 0.0156. The molecule has 1 unspecified atom stereocenters. The van der Waals surface area contributed by atoms with Gasteiger partial charge < -0.3 is 16.4 Å². The number of hydrogen-bond acceptors (Lipinski definition) is 3. The Morgan fingerprint density at radius 3 is 2.48 bits per heavy atom. The van der Waals surface area contributed by atoms with Crippen molar-refractivity contribution in [1.82, 2.24) is 0 Å². The quantitative estimate of drug-likeness (QED) is 0.753. The third kappa shape index (κ3) is 6.02. The molecular formula is C18H27N3O2. The van der Waals surface area contributed by atoms with Crippen molar-refractivity contribution in [3.63, 3.8) is 0 Å². The Bertz CT molecular complexity index is 537. The van der Waals surface area contributed by atoms with Crippen LogP contribution in [0.5, 0.6) is 0 Å². The smallest absolute Gasteiger partial charge is 0.227 e. The Kier molecular flexibility index (Phi) is 6.59. The monoisotopic (exact) mass is 317 g/mol. The highest BCUT2D eigenvalue weighted by Crippen LogP contribution is 2.25. The van der Waals surface area contributed by atoms with Crippen molar-refractivity contribution < 1.29 is 9.59 Å². The van der Waals surface area contributed by atoms with Crippen LogP contribution in [0.4, 0.5) is 11.4 Å². The summed E-state index contributed by atoms with van der Waals surface area (Å²) < 4.78 is 0. The van der Waals surface area contributed by atoms with E-state index in [0.717, 1.165) is 31.4 Å². The molecule has 0 aliphatic heterocycles. The molecule has 1 aromatic carbocycles. The van der Waals surface area contributed by atoms with Crippen LogP contribution in [0.1, 0.15) is 51.9 Å². The van der Waals surface area contributed by atoms with Gasteiger partial charge in [-0.05, 0) is 44.4 Å². The van der Waals surface area contributed by atoms with Crippen molar-refractivity contribution in [3.05, 3.63) is 24.3 Å². The van der Waals surface area contributed by atoms with Crippen molar-refractivity contribution >= 4 is 23.2 Å². The maximum Gasteiger partial charge on any atom is 0.227 e. The van der Waals surface area contributed by atoms with E-state index in [1.54, 1.807) is 6.07 Å². The SMILES string of the molecule is CC(N)CCC(=O)Nc1cccc(NC(=O)C2CCCCC2)c1. The average molecular weight is 317 g/mol. The van der Waals surface area contributed by atoms with Crippen LogP contribution in [0.2, 0.25) is 0 Å². The van der Waals surface area contributed by atoms with Gasteiger partial charge in [-0.3, -0.25) is 9.59 Å². The fraction of sp³-hybridized carbons (Fsp3) is 0.556.